The predicted molar refractivity (Wildman–Crippen MR) is 103 cm³/mol. The lowest BCUT2D eigenvalue weighted by atomic mass is 9.44. The number of ketones is 1. The second-order valence-corrected chi connectivity index (χ2v) is 10.8. The first-order chi connectivity index (χ1) is 12.7. The highest BCUT2D eigenvalue weighted by Gasteiger charge is 2.62. The molecular formula is C23H36O4. The molecule has 0 aliphatic heterocycles. The Kier molecular flexibility index (Phi) is 4.73. The van der Waals surface area contributed by atoms with Crippen LogP contribution in [0.15, 0.2) is 0 Å². The normalized spacial score (nSPS) is 50.4. The number of carboxylic acids is 1. The molecule has 4 nitrogen and oxygen atoms in total. The molecule has 0 amide bonds. The third-order valence-corrected chi connectivity index (χ3v) is 9.76. The molecule has 4 aliphatic carbocycles. The van der Waals surface area contributed by atoms with Crippen molar-refractivity contribution in [3.63, 3.8) is 0 Å². The Morgan fingerprint density at radius 2 is 1.85 bits per heavy atom. The van der Waals surface area contributed by atoms with Crippen molar-refractivity contribution in [1.29, 1.82) is 0 Å². The summed E-state index contributed by atoms with van der Waals surface area (Å²) in [6, 6.07) is 0. The number of carbonyl (C=O) groups excluding carboxylic acids is 1. The maximum atomic E-state index is 12.0. The lowest BCUT2D eigenvalue weighted by Gasteiger charge is -2.61. The maximum absolute atomic E-state index is 12.0. The number of hydrogen-bond donors (Lipinski definition) is 2. The van der Waals surface area contributed by atoms with Gasteiger partial charge < -0.3 is 10.2 Å². The molecule has 4 rings (SSSR count). The monoisotopic (exact) mass is 376 g/mol. The topological polar surface area (TPSA) is 74.6 Å². The summed E-state index contributed by atoms with van der Waals surface area (Å²) in [7, 11) is 0. The largest absolute Gasteiger partial charge is 0.481 e. The smallest absolute Gasteiger partial charge is 0.303 e. The fourth-order valence-electron chi connectivity index (χ4n) is 8.41. The van der Waals surface area contributed by atoms with Gasteiger partial charge in [0.15, 0.2) is 0 Å². The van der Waals surface area contributed by atoms with Crippen molar-refractivity contribution in [3.8, 4) is 0 Å². The zero-order chi connectivity index (χ0) is 19.6. The number of aliphatic carboxylic acids is 1. The molecule has 0 aromatic heterocycles. The summed E-state index contributed by atoms with van der Waals surface area (Å²) in [5.74, 6) is 2.04. The number of carboxylic acid groups (broad SMARTS) is 1. The van der Waals surface area contributed by atoms with Gasteiger partial charge in [-0.3, -0.25) is 9.59 Å². The van der Waals surface area contributed by atoms with Crippen LogP contribution < -0.4 is 0 Å². The van der Waals surface area contributed by atoms with Gasteiger partial charge in [-0.1, -0.05) is 20.8 Å². The van der Waals surface area contributed by atoms with Gasteiger partial charge in [-0.25, -0.2) is 0 Å². The quantitative estimate of drug-likeness (QED) is 0.770. The van der Waals surface area contributed by atoms with Crippen LogP contribution in [0.2, 0.25) is 0 Å². The number of rotatable bonds is 3. The van der Waals surface area contributed by atoms with Crippen molar-refractivity contribution < 1.29 is 19.8 Å². The van der Waals surface area contributed by atoms with Crippen LogP contribution in [0.5, 0.6) is 0 Å². The second kappa shape index (κ2) is 6.57. The molecule has 0 bridgehead atoms. The van der Waals surface area contributed by atoms with Crippen LogP contribution in [0.4, 0.5) is 0 Å². The SMILES string of the molecule is C[C@H](CC(=O)O)[C@H]1CC[C@H]2[C@@H]3[C@H](O)C[C@@H]4CC(=O)CC[C@]4(C)[C@H]3CC[C@]12C. The van der Waals surface area contributed by atoms with Crippen molar-refractivity contribution in [1.82, 2.24) is 0 Å². The average Bonchev–Trinajstić information content (AvgIpc) is 2.93. The number of aliphatic hydroxyl groups excluding tert-OH is 1. The number of carbonyl (C=O) groups is 2. The van der Waals surface area contributed by atoms with Gasteiger partial charge in [-0.15, -0.1) is 0 Å². The fourth-order valence-corrected chi connectivity index (χ4v) is 8.41. The van der Waals surface area contributed by atoms with Gasteiger partial charge in [0.2, 0.25) is 0 Å². The van der Waals surface area contributed by atoms with E-state index >= 15 is 0 Å². The zero-order valence-electron chi connectivity index (χ0n) is 17.1. The molecule has 4 heteroatoms. The minimum absolute atomic E-state index is 0.157. The van der Waals surface area contributed by atoms with E-state index in [9.17, 15) is 19.8 Å². The van der Waals surface area contributed by atoms with Crippen LogP contribution in [0.1, 0.15) is 78.6 Å². The third-order valence-electron chi connectivity index (χ3n) is 9.76. The van der Waals surface area contributed by atoms with Crippen LogP contribution in [-0.2, 0) is 9.59 Å². The Morgan fingerprint density at radius 1 is 1.15 bits per heavy atom. The number of Topliss-reactive ketones (excluding diaryl/α,β-unsaturated/α-hetero) is 1. The molecule has 27 heavy (non-hydrogen) atoms. The van der Waals surface area contributed by atoms with E-state index in [1.54, 1.807) is 0 Å². The van der Waals surface area contributed by atoms with Crippen molar-refractivity contribution in [2.75, 3.05) is 0 Å². The lowest BCUT2D eigenvalue weighted by molar-refractivity contribution is -0.169. The molecule has 0 unspecified atom stereocenters. The molecule has 0 spiro atoms. The first-order valence-electron chi connectivity index (χ1n) is 11.1. The van der Waals surface area contributed by atoms with Gasteiger partial charge >= 0.3 is 5.97 Å². The molecule has 152 valence electrons. The molecular weight excluding hydrogens is 340 g/mol. The summed E-state index contributed by atoms with van der Waals surface area (Å²) >= 11 is 0. The molecule has 4 aliphatic rings. The molecule has 4 fully saturated rings. The summed E-state index contributed by atoms with van der Waals surface area (Å²) < 4.78 is 0. The zero-order valence-corrected chi connectivity index (χ0v) is 17.1. The number of fused-ring (bicyclic) bond motifs is 5. The fraction of sp³-hybridized carbons (Fsp3) is 0.913. The van der Waals surface area contributed by atoms with Crippen LogP contribution in [0, 0.1) is 46.3 Å². The number of aliphatic hydroxyl groups is 1. The highest BCUT2D eigenvalue weighted by atomic mass is 16.4. The van der Waals surface area contributed by atoms with Gasteiger partial charge in [-0.2, -0.15) is 0 Å². The van der Waals surface area contributed by atoms with Gasteiger partial charge in [0.1, 0.15) is 5.78 Å². The molecule has 4 saturated carbocycles. The van der Waals surface area contributed by atoms with E-state index in [1.165, 1.54) is 0 Å². The Balaban J connectivity index is 1.61. The van der Waals surface area contributed by atoms with E-state index in [0.717, 1.165) is 38.5 Å². The van der Waals surface area contributed by atoms with Crippen LogP contribution in [0.25, 0.3) is 0 Å². The molecule has 0 radical (unpaired) electrons. The van der Waals surface area contributed by atoms with Crippen LogP contribution in [-0.4, -0.2) is 28.1 Å². The van der Waals surface area contributed by atoms with Gasteiger partial charge in [0.05, 0.1) is 6.10 Å². The lowest BCUT2D eigenvalue weighted by Crippen LogP contribution is -2.58. The first-order valence-corrected chi connectivity index (χ1v) is 11.1. The maximum Gasteiger partial charge on any atom is 0.303 e. The van der Waals surface area contributed by atoms with Crippen molar-refractivity contribution in [2.45, 2.75) is 84.7 Å². The highest BCUT2D eigenvalue weighted by Crippen LogP contribution is 2.68. The molecule has 0 aromatic rings. The first kappa shape index (κ1) is 19.4. The second-order valence-electron chi connectivity index (χ2n) is 10.8. The summed E-state index contributed by atoms with van der Waals surface area (Å²) in [5, 5.41) is 20.4. The van der Waals surface area contributed by atoms with Gasteiger partial charge in [-0.05, 0) is 84.9 Å². The standard InChI is InChI=1S/C23H36O4/c1-13(10-20(26)27)16-4-5-17-21-18(7-9-23(16,17)3)22(2)8-6-15(24)11-14(22)12-19(21)25/h13-14,16-19,21,25H,4-12H2,1-3H3,(H,26,27)/t13-,14+,16-,17+,18+,19-,21+,22+,23-/m1/s1. The van der Waals surface area contributed by atoms with E-state index < -0.39 is 5.97 Å². The Morgan fingerprint density at radius 3 is 2.56 bits per heavy atom. The minimum Gasteiger partial charge on any atom is -0.481 e. The summed E-state index contributed by atoms with van der Waals surface area (Å²) in [6.07, 6.45) is 7.63. The Hall–Kier alpha value is -0.900. The van der Waals surface area contributed by atoms with Crippen molar-refractivity contribution in [3.05, 3.63) is 0 Å². The summed E-state index contributed by atoms with van der Waals surface area (Å²) in [4.78, 5) is 23.3. The van der Waals surface area contributed by atoms with E-state index in [-0.39, 0.29) is 29.3 Å². The van der Waals surface area contributed by atoms with Crippen molar-refractivity contribution in [2.24, 2.45) is 46.3 Å². The van der Waals surface area contributed by atoms with E-state index in [1.807, 2.05) is 0 Å². The van der Waals surface area contributed by atoms with Crippen molar-refractivity contribution >= 4 is 11.8 Å². The molecule has 0 heterocycles. The number of hydrogen-bond acceptors (Lipinski definition) is 3. The van der Waals surface area contributed by atoms with E-state index in [0.29, 0.717) is 48.2 Å². The van der Waals surface area contributed by atoms with Gasteiger partial charge in [0.25, 0.3) is 0 Å². The van der Waals surface area contributed by atoms with Gasteiger partial charge in [0, 0.05) is 19.3 Å². The molecule has 0 saturated heterocycles. The highest BCUT2D eigenvalue weighted by molar-refractivity contribution is 5.79. The minimum atomic E-state index is -0.692. The Labute approximate surface area is 163 Å². The Bertz CT molecular complexity index is 630. The van der Waals surface area contributed by atoms with E-state index in [4.69, 9.17) is 0 Å². The van der Waals surface area contributed by atoms with Crippen LogP contribution >= 0.6 is 0 Å². The molecule has 9 atom stereocenters. The molecule has 2 N–H and O–H groups in total. The predicted octanol–water partition coefficient (Wildman–Crippen LogP) is 4.30. The summed E-state index contributed by atoms with van der Waals surface area (Å²) in [5.41, 5.74) is 0.356. The van der Waals surface area contributed by atoms with Crippen LogP contribution in [0.3, 0.4) is 0 Å². The third kappa shape index (κ3) is 2.89. The average molecular weight is 377 g/mol. The molecule has 0 aromatic carbocycles. The summed E-state index contributed by atoms with van der Waals surface area (Å²) in [6.45, 7) is 6.89. The van der Waals surface area contributed by atoms with E-state index in [2.05, 4.69) is 20.8 Å².